The Labute approximate surface area is 138 Å². The lowest BCUT2D eigenvalue weighted by Crippen LogP contribution is -2.17. The number of hydrogen-bond donors (Lipinski definition) is 0. The molecule has 2 nitrogen and oxygen atoms in total. The fourth-order valence-electron chi connectivity index (χ4n) is 2.75. The topological polar surface area (TPSA) is 18.5 Å². The molecule has 1 aliphatic rings. The number of alkyl halides is 1. The first-order valence-electron chi connectivity index (χ1n) is 6.90. The van der Waals surface area contributed by atoms with Gasteiger partial charge in [0.15, 0.2) is 0 Å². The van der Waals surface area contributed by atoms with Gasteiger partial charge in [0, 0.05) is 15.8 Å². The highest BCUT2D eigenvalue weighted by Gasteiger charge is 2.29. The second-order valence-electron chi connectivity index (χ2n) is 5.07. The van der Waals surface area contributed by atoms with Gasteiger partial charge in [-0.15, -0.1) is 0 Å². The number of methoxy groups -OCH3 is 1. The van der Waals surface area contributed by atoms with E-state index in [-0.39, 0.29) is 4.83 Å². The maximum Gasteiger partial charge on any atom is 0.122 e. The molecule has 2 aromatic rings. The van der Waals surface area contributed by atoms with E-state index in [2.05, 4.69) is 28.1 Å². The molecular weight excluding hydrogens is 352 g/mol. The molecule has 0 spiro atoms. The van der Waals surface area contributed by atoms with E-state index in [4.69, 9.17) is 21.1 Å². The molecule has 0 bridgehead atoms. The van der Waals surface area contributed by atoms with Crippen LogP contribution in [0.5, 0.6) is 11.5 Å². The van der Waals surface area contributed by atoms with Crippen LogP contribution in [-0.2, 0) is 0 Å². The van der Waals surface area contributed by atoms with Gasteiger partial charge in [-0.1, -0.05) is 51.8 Å². The van der Waals surface area contributed by atoms with Crippen molar-refractivity contribution in [2.45, 2.75) is 17.2 Å². The van der Waals surface area contributed by atoms with Crippen molar-refractivity contribution < 1.29 is 9.47 Å². The molecule has 21 heavy (non-hydrogen) atoms. The minimum Gasteiger partial charge on any atom is -0.497 e. The van der Waals surface area contributed by atoms with E-state index < -0.39 is 0 Å². The molecule has 0 N–H and O–H groups in total. The summed E-state index contributed by atoms with van der Waals surface area (Å²) in [4.78, 5) is 0.154. The number of ether oxygens (including phenoxy) is 2. The van der Waals surface area contributed by atoms with Gasteiger partial charge >= 0.3 is 0 Å². The Kier molecular flexibility index (Phi) is 4.41. The van der Waals surface area contributed by atoms with E-state index in [9.17, 15) is 0 Å². The predicted molar refractivity (Wildman–Crippen MR) is 89.0 cm³/mol. The maximum atomic E-state index is 6.41. The summed E-state index contributed by atoms with van der Waals surface area (Å²) in [5.41, 5.74) is 2.32. The molecular formula is C17H16BrClO2. The Hall–Kier alpha value is -1.19. The van der Waals surface area contributed by atoms with Crippen LogP contribution in [0.4, 0.5) is 0 Å². The molecule has 1 aliphatic heterocycles. The molecule has 0 aliphatic carbocycles. The zero-order valence-electron chi connectivity index (χ0n) is 11.7. The Bertz CT molecular complexity index is 644. The summed E-state index contributed by atoms with van der Waals surface area (Å²) in [7, 11) is 1.64. The van der Waals surface area contributed by atoms with Crippen LogP contribution in [0.1, 0.15) is 28.3 Å². The minimum absolute atomic E-state index is 0.154. The average Bonchev–Trinajstić information content (AvgIpc) is 2.53. The summed E-state index contributed by atoms with van der Waals surface area (Å²) in [6.07, 6.45) is 0.968. The van der Waals surface area contributed by atoms with Crippen LogP contribution < -0.4 is 9.47 Å². The van der Waals surface area contributed by atoms with Gasteiger partial charge in [-0.2, -0.15) is 0 Å². The first-order chi connectivity index (χ1) is 10.2. The van der Waals surface area contributed by atoms with Crippen molar-refractivity contribution >= 4 is 27.5 Å². The molecule has 2 unspecified atom stereocenters. The minimum atomic E-state index is 0.154. The average molecular weight is 368 g/mol. The normalized spacial score (nSPS) is 18.5. The first kappa shape index (κ1) is 14.7. The summed E-state index contributed by atoms with van der Waals surface area (Å²) >= 11 is 10.2. The Morgan fingerprint density at radius 3 is 2.86 bits per heavy atom. The molecule has 2 atom stereocenters. The quantitative estimate of drug-likeness (QED) is 0.681. The monoisotopic (exact) mass is 366 g/mol. The van der Waals surface area contributed by atoms with Crippen LogP contribution in [0.3, 0.4) is 0 Å². The molecule has 0 fully saturated rings. The van der Waals surface area contributed by atoms with Crippen molar-refractivity contribution in [1.29, 1.82) is 0 Å². The third-order valence-corrected chi connectivity index (χ3v) is 5.32. The van der Waals surface area contributed by atoms with Crippen LogP contribution in [-0.4, -0.2) is 13.7 Å². The largest absolute Gasteiger partial charge is 0.497 e. The molecule has 4 heteroatoms. The van der Waals surface area contributed by atoms with Gasteiger partial charge in [0.05, 0.1) is 13.7 Å². The number of benzene rings is 2. The number of rotatable bonds is 3. The molecule has 0 amide bonds. The molecule has 110 valence electrons. The molecule has 2 aromatic carbocycles. The van der Waals surface area contributed by atoms with Gasteiger partial charge in [-0.05, 0) is 35.7 Å². The van der Waals surface area contributed by atoms with Crippen molar-refractivity contribution in [2.24, 2.45) is 0 Å². The summed E-state index contributed by atoms with van der Waals surface area (Å²) < 4.78 is 10.9. The number of halogens is 2. The predicted octanol–water partition coefficient (Wildman–Crippen LogP) is 5.35. The number of fused-ring (bicyclic) bond motifs is 1. The Morgan fingerprint density at radius 2 is 2.10 bits per heavy atom. The van der Waals surface area contributed by atoms with E-state index in [1.165, 1.54) is 5.56 Å². The zero-order valence-corrected chi connectivity index (χ0v) is 14.0. The van der Waals surface area contributed by atoms with Crippen molar-refractivity contribution in [3.05, 3.63) is 58.6 Å². The lowest BCUT2D eigenvalue weighted by Gasteiger charge is -2.30. The maximum absolute atomic E-state index is 6.41. The van der Waals surface area contributed by atoms with E-state index >= 15 is 0 Å². The molecule has 1 heterocycles. The van der Waals surface area contributed by atoms with Crippen molar-refractivity contribution in [3.8, 4) is 11.5 Å². The van der Waals surface area contributed by atoms with Crippen molar-refractivity contribution in [3.63, 3.8) is 0 Å². The van der Waals surface area contributed by atoms with Crippen molar-refractivity contribution in [1.82, 2.24) is 0 Å². The van der Waals surface area contributed by atoms with E-state index in [1.807, 2.05) is 30.3 Å². The summed E-state index contributed by atoms with van der Waals surface area (Å²) in [6, 6.07) is 14.0. The van der Waals surface area contributed by atoms with Gasteiger partial charge in [0.2, 0.25) is 0 Å². The third kappa shape index (κ3) is 2.90. The van der Waals surface area contributed by atoms with Gasteiger partial charge in [0.25, 0.3) is 0 Å². The van der Waals surface area contributed by atoms with E-state index in [1.54, 1.807) is 7.11 Å². The fraction of sp³-hybridized carbons (Fsp3) is 0.294. The number of para-hydroxylation sites is 1. The van der Waals surface area contributed by atoms with Crippen LogP contribution in [0.2, 0.25) is 5.02 Å². The van der Waals surface area contributed by atoms with E-state index in [0.29, 0.717) is 5.92 Å². The highest BCUT2D eigenvalue weighted by atomic mass is 79.9. The highest BCUT2D eigenvalue weighted by molar-refractivity contribution is 9.09. The highest BCUT2D eigenvalue weighted by Crippen LogP contribution is 2.47. The molecule has 0 saturated carbocycles. The Morgan fingerprint density at radius 1 is 1.29 bits per heavy atom. The van der Waals surface area contributed by atoms with Gasteiger partial charge < -0.3 is 9.47 Å². The molecule has 0 aromatic heterocycles. The van der Waals surface area contributed by atoms with Gasteiger partial charge in [-0.3, -0.25) is 0 Å². The lowest BCUT2D eigenvalue weighted by atomic mass is 9.87. The van der Waals surface area contributed by atoms with Crippen LogP contribution in [0.15, 0.2) is 42.5 Å². The molecule has 0 saturated heterocycles. The standard InChI is InChI=1S/C17H16BrClO2/c1-20-11-6-7-14(15(19)10-11)17(18)13-8-9-21-16-5-3-2-4-12(13)16/h2-7,10,13,17H,8-9H2,1H3. The smallest absolute Gasteiger partial charge is 0.122 e. The van der Waals surface area contributed by atoms with E-state index in [0.717, 1.165) is 35.1 Å². The summed E-state index contributed by atoms with van der Waals surface area (Å²) in [6.45, 7) is 0.734. The zero-order chi connectivity index (χ0) is 14.8. The van der Waals surface area contributed by atoms with Gasteiger partial charge in [0.1, 0.15) is 11.5 Å². The second kappa shape index (κ2) is 6.29. The number of hydrogen-bond acceptors (Lipinski definition) is 2. The van der Waals surface area contributed by atoms with Crippen LogP contribution >= 0.6 is 27.5 Å². The second-order valence-corrected chi connectivity index (χ2v) is 6.46. The van der Waals surface area contributed by atoms with Crippen LogP contribution in [0.25, 0.3) is 0 Å². The van der Waals surface area contributed by atoms with Crippen molar-refractivity contribution in [2.75, 3.05) is 13.7 Å². The summed E-state index contributed by atoms with van der Waals surface area (Å²) in [5, 5.41) is 0.722. The fourth-order valence-corrected chi connectivity index (χ4v) is 4.12. The SMILES string of the molecule is COc1ccc(C(Br)C2CCOc3ccccc32)c(Cl)c1. The third-order valence-electron chi connectivity index (χ3n) is 3.86. The van der Waals surface area contributed by atoms with Crippen LogP contribution in [0, 0.1) is 0 Å². The van der Waals surface area contributed by atoms with Gasteiger partial charge in [-0.25, -0.2) is 0 Å². The summed E-state index contributed by atoms with van der Waals surface area (Å²) in [5.74, 6) is 2.10. The molecule has 3 rings (SSSR count). The molecule has 0 radical (unpaired) electrons. The Balaban J connectivity index is 1.94. The first-order valence-corrected chi connectivity index (χ1v) is 8.19. The lowest BCUT2D eigenvalue weighted by molar-refractivity contribution is 0.266.